The van der Waals surface area contributed by atoms with Crippen molar-refractivity contribution in [1.29, 1.82) is 0 Å². The lowest BCUT2D eigenvalue weighted by Crippen LogP contribution is -2.22. The Labute approximate surface area is 108 Å². The number of hydrogen-bond acceptors (Lipinski definition) is 3. The zero-order chi connectivity index (χ0) is 15.9. The molecule has 0 saturated carbocycles. The monoisotopic (exact) mass is 321 g/mol. The van der Waals surface area contributed by atoms with Crippen LogP contribution in [-0.4, -0.2) is 14.7 Å². The molecular weight excluding hydrogens is 316 g/mol. The predicted octanol–water partition coefficient (Wildman–Crippen LogP) is 2.18. The molecule has 0 atom stereocenters. The van der Waals surface area contributed by atoms with Crippen LogP contribution in [0.5, 0.6) is 0 Å². The number of carbonyl (C=O) groups is 1. The summed E-state index contributed by atoms with van der Waals surface area (Å²) >= 11 is 0. The lowest BCUT2D eigenvalue weighted by molar-refractivity contribution is -0.143. The summed E-state index contributed by atoms with van der Waals surface area (Å²) in [7, 11) is -5.11. The summed E-state index contributed by atoms with van der Waals surface area (Å²) in [4.78, 5) is 8.73. The summed E-state index contributed by atoms with van der Waals surface area (Å²) in [5.74, 6) is 0. The molecule has 11 heteroatoms. The van der Waals surface area contributed by atoms with E-state index in [0.717, 1.165) is 0 Å². The van der Waals surface area contributed by atoms with Gasteiger partial charge in [0.1, 0.15) is 0 Å². The number of primary sulfonamides is 1. The van der Waals surface area contributed by atoms with Crippen molar-refractivity contribution in [3.63, 3.8) is 0 Å². The summed E-state index contributed by atoms with van der Waals surface area (Å²) in [6.45, 7) is 0. The van der Waals surface area contributed by atoms with E-state index in [4.69, 9.17) is 0 Å². The van der Waals surface area contributed by atoms with Crippen molar-refractivity contribution in [3.8, 4) is 0 Å². The van der Waals surface area contributed by atoms with Gasteiger partial charge in [0.15, 0.2) is 6.29 Å². The third-order valence-electron chi connectivity index (χ3n) is 2.18. The van der Waals surface area contributed by atoms with Crippen molar-refractivity contribution in [2.24, 2.45) is 5.14 Å². The number of rotatable bonds is 2. The van der Waals surface area contributed by atoms with Crippen molar-refractivity contribution in [3.05, 3.63) is 28.8 Å². The van der Waals surface area contributed by atoms with Gasteiger partial charge in [-0.2, -0.15) is 26.3 Å². The van der Waals surface area contributed by atoms with Crippen LogP contribution in [0.2, 0.25) is 0 Å². The lowest BCUT2D eigenvalue weighted by atomic mass is 10.0. The first-order valence-electron chi connectivity index (χ1n) is 4.59. The molecule has 1 aromatic rings. The van der Waals surface area contributed by atoms with Crippen LogP contribution in [-0.2, 0) is 22.4 Å². The second-order valence-electron chi connectivity index (χ2n) is 3.60. The normalized spacial score (nSPS) is 13.3. The third-order valence-corrected chi connectivity index (χ3v) is 3.11. The second-order valence-corrected chi connectivity index (χ2v) is 5.13. The van der Waals surface area contributed by atoms with Gasteiger partial charge in [0, 0.05) is 5.56 Å². The first-order chi connectivity index (χ1) is 8.78. The van der Waals surface area contributed by atoms with Gasteiger partial charge in [-0.05, 0) is 12.1 Å². The van der Waals surface area contributed by atoms with Crippen LogP contribution in [0.25, 0.3) is 0 Å². The van der Waals surface area contributed by atoms with Gasteiger partial charge in [0.2, 0.25) is 10.0 Å². The Morgan fingerprint density at radius 1 is 1.00 bits per heavy atom. The van der Waals surface area contributed by atoms with Gasteiger partial charge in [-0.25, -0.2) is 13.6 Å². The van der Waals surface area contributed by atoms with Crippen molar-refractivity contribution in [2.45, 2.75) is 17.2 Å². The largest absolute Gasteiger partial charge is 0.418 e. The molecule has 0 saturated heterocycles. The standard InChI is InChI=1S/C9H5F6NO3S/c10-8(11,12)5-1-4(3-17)7(9(13,14)15)6(2-5)20(16,18)19/h1-3H,(H2,16,18,19). The van der Waals surface area contributed by atoms with Crippen LogP contribution in [0.1, 0.15) is 21.5 Å². The van der Waals surface area contributed by atoms with Crippen molar-refractivity contribution in [1.82, 2.24) is 0 Å². The molecule has 0 amide bonds. The molecule has 0 unspecified atom stereocenters. The molecule has 0 radical (unpaired) electrons. The Morgan fingerprint density at radius 2 is 1.50 bits per heavy atom. The highest BCUT2D eigenvalue weighted by Crippen LogP contribution is 2.39. The molecule has 1 rings (SSSR count). The number of aldehydes is 1. The Morgan fingerprint density at radius 3 is 1.80 bits per heavy atom. The first-order valence-corrected chi connectivity index (χ1v) is 6.13. The molecule has 2 N–H and O–H groups in total. The van der Waals surface area contributed by atoms with Gasteiger partial charge in [-0.15, -0.1) is 0 Å². The van der Waals surface area contributed by atoms with Crippen LogP contribution in [0.3, 0.4) is 0 Å². The molecular formula is C9H5F6NO3S. The van der Waals surface area contributed by atoms with Gasteiger partial charge in [0.05, 0.1) is 16.0 Å². The quantitative estimate of drug-likeness (QED) is 0.670. The highest BCUT2D eigenvalue weighted by molar-refractivity contribution is 7.89. The zero-order valence-electron chi connectivity index (χ0n) is 9.21. The van der Waals surface area contributed by atoms with Crippen LogP contribution in [0, 0.1) is 0 Å². The Hall–Kier alpha value is -1.62. The van der Waals surface area contributed by atoms with Gasteiger partial charge in [0.25, 0.3) is 0 Å². The lowest BCUT2D eigenvalue weighted by Gasteiger charge is -2.16. The molecule has 0 aliphatic heterocycles. The smallest absolute Gasteiger partial charge is 0.298 e. The van der Waals surface area contributed by atoms with Gasteiger partial charge >= 0.3 is 12.4 Å². The highest BCUT2D eigenvalue weighted by Gasteiger charge is 2.42. The fourth-order valence-electron chi connectivity index (χ4n) is 1.42. The Bertz CT molecular complexity index is 647. The SMILES string of the molecule is NS(=O)(=O)c1cc(C(F)(F)F)cc(C=O)c1C(F)(F)F. The van der Waals surface area contributed by atoms with E-state index in [1.54, 1.807) is 0 Å². The number of sulfonamides is 1. The summed E-state index contributed by atoms with van der Waals surface area (Å²) < 4.78 is 97.6. The molecule has 20 heavy (non-hydrogen) atoms. The van der Waals surface area contributed by atoms with E-state index in [1.165, 1.54) is 0 Å². The van der Waals surface area contributed by atoms with Crippen LogP contribution < -0.4 is 5.14 Å². The molecule has 1 aromatic carbocycles. The molecule has 0 bridgehead atoms. The topological polar surface area (TPSA) is 77.2 Å². The summed E-state index contributed by atoms with van der Waals surface area (Å²) in [6, 6.07) is -0.352. The predicted molar refractivity (Wildman–Crippen MR) is 53.2 cm³/mol. The number of alkyl halides is 6. The van der Waals surface area contributed by atoms with E-state index < -0.39 is 50.2 Å². The number of hydrogen-bond donors (Lipinski definition) is 1. The van der Waals surface area contributed by atoms with Crippen LogP contribution >= 0.6 is 0 Å². The average molecular weight is 321 g/mol. The molecule has 0 heterocycles. The van der Waals surface area contributed by atoms with E-state index in [9.17, 15) is 39.6 Å². The minimum Gasteiger partial charge on any atom is -0.298 e. The number of carbonyl (C=O) groups excluding carboxylic acids is 1. The van der Waals surface area contributed by atoms with Gasteiger partial charge in [-0.1, -0.05) is 0 Å². The second kappa shape index (κ2) is 4.74. The van der Waals surface area contributed by atoms with E-state index in [1.807, 2.05) is 0 Å². The summed E-state index contributed by atoms with van der Waals surface area (Å²) in [5, 5.41) is 4.48. The third kappa shape index (κ3) is 3.28. The molecule has 0 fully saturated rings. The Balaban J connectivity index is 3.90. The molecule has 0 spiro atoms. The maximum absolute atomic E-state index is 12.7. The highest BCUT2D eigenvalue weighted by atomic mass is 32.2. The van der Waals surface area contributed by atoms with E-state index in [2.05, 4.69) is 5.14 Å². The minimum absolute atomic E-state index is 0.0928. The van der Waals surface area contributed by atoms with Crippen molar-refractivity contribution in [2.75, 3.05) is 0 Å². The maximum Gasteiger partial charge on any atom is 0.418 e. The number of nitrogens with two attached hydrogens (primary N) is 1. The van der Waals surface area contributed by atoms with E-state index >= 15 is 0 Å². The zero-order valence-corrected chi connectivity index (χ0v) is 10.0. The summed E-state index contributed by atoms with van der Waals surface area (Å²) in [5.41, 5.74) is -5.21. The number of benzene rings is 1. The fraction of sp³-hybridized carbons (Fsp3) is 0.222. The van der Waals surface area contributed by atoms with Crippen LogP contribution in [0.15, 0.2) is 17.0 Å². The summed E-state index contributed by atoms with van der Waals surface area (Å²) in [6.07, 6.45) is -11.0. The molecule has 0 aliphatic rings. The first kappa shape index (κ1) is 16.4. The molecule has 0 aliphatic carbocycles. The molecule has 0 aromatic heterocycles. The van der Waals surface area contributed by atoms with E-state index in [0.29, 0.717) is 0 Å². The van der Waals surface area contributed by atoms with Crippen molar-refractivity contribution >= 4 is 16.3 Å². The minimum atomic E-state index is -5.36. The van der Waals surface area contributed by atoms with Crippen molar-refractivity contribution < 1.29 is 39.6 Å². The van der Waals surface area contributed by atoms with Crippen LogP contribution in [0.4, 0.5) is 26.3 Å². The Kier molecular flexibility index (Phi) is 3.89. The maximum atomic E-state index is 12.7. The molecule has 112 valence electrons. The van der Waals surface area contributed by atoms with Gasteiger partial charge in [-0.3, -0.25) is 4.79 Å². The van der Waals surface area contributed by atoms with Gasteiger partial charge < -0.3 is 0 Å². The number of halogens is 6. The van der Waals surface area contributed by atoms with E-state index in [-0.39, 0.29) is 12.1 Å². The molecule has 4 nitrogen and oxygen atoms in total. The average Bonchev–Trinajstić information content (AvgIpc) is 2.23. The fourth-order valence-corrected chi connectivity index (χ4v) is 2.23.